The second kappa shape index (κ2) is 4.44. The van der Waals surface area contributed by atoms with E-state index in [1.807, 2.05) is 0 Å². The average molecular weight is 308 g/mol. The fourth-order valence-corrected chi connectivity index (χ4v) is 4.58. The van der Waals surface area contributed by atoms with E-state index in [2.05, 4.69) is 39.7 Å². The van der Waals surface area contributed by atoms with Gasteiger partial charge in [-0.2, -0.15) is 0 Å². The van der Waals surface area contributed by atoms with Gasteiger partial charge in [0, 0.05) is 19.9 Å². The van der Waals surface area contributed by atoms with E-state index >= 15 is 0 Å². The maximum absolute atomic E-state index is 5.91. The van der Waals surface area contributed by atoms with Gasteiger partial charge in [0.15, 0.2) is 0 Å². The third-order valence-electron chi connectivity index (χ3n) is 2.08. The van der Waals surface area contributed by atoms with Crippen molar-refractivity contribution in [2.24, 2.45) is 0 Å². The summed E-state index contributed by atoms with van der Waals surface area (Å²) in [5.41, 5.74) is 1.20. The molecule has 0 aliphatic rings. The molecular weight excluding hydrogens is 300 g/mol. The van der Waals surface area contributed by atoms with Crippen molar-refractivity contribution in [3.63, 3.8) is 0 Å². The van der Waals surface area contributed by atoms with Gasteiger partial charge in [0.2, 0.25) is 0 Å². The standard InChI is InChI=1S/C10H8BrClS2/c1-13-10-8(11)4-6(5-12)7-2-3-14-9(7)10/h2-4H,5H2,1H3. The van der Waals surface area contributed by atoms with Gasteiger partial charge < -0.3 is 0 Å². The van der Waals surface area contributed by atoms with E-state index in [9.17, 15) is 0 Å². The molecule has 0 radical (unpaired) electrons. The van der Waals surface area contributed by atoms with E-state index in [0.29, 0.717) is 5.88 Å². The third-order valence-corrected chi connectivity index (χ3v) is 5.15. The average Bonchev–Trinajstić information content (AvgIpc) is 2.65. The first-order chi connectivity index (χ1) is 6.77. The number of hydrogen-bond donors (Lipinski definition) is 0. The summed E-state index contributed by atoms with van der Waals surface area (Å²) in [6.07, 6.45) is 2.10. The Morgan fingerprint density at radius 3 is 3.00 bits per heavy atom. The number of benzene rings is 1. The summed E-state index contributed by atoms with van der Waals surface area (Å²) in [6, 6.07) is 4.26. The van der Waals surface area contributed by atoms with Crippen molar-refractivity contribution in [1.82, 2.24) is 0 Å². The topological polar surface area (TPSA) is 0 Å². The van der Waals surface area contributed by atoms with Crippen molar-refractivity contribution in [3.8, 4) is 0 Å². The molecule has 0 spiro atoms. The zero-order valence-electron chi connectivity index (χ0n) is 7.51. The number of thioether (sulfide) groups is 1. The molecule has 0 aliphatic heterocycles. The highest BCUT2D eigenvalue weighted by Crippen LogP contribution is 2.39. The summed E-state index contributed by atoms with van der Waals surface area (Å²) in [6.45, 7) is 0. The number of rotatable bonds is 2. The van der Waals surface area contributed by atoms with Gasteiger partial charge in [0.05, 0.1) is 0 Å². The largest absolute Gasteiger partial charge is 0.143 e. The Morgan fingerprint density at radius 1 is 1.57 bits per heavy atom. The summed E-state index contributed by atoms with van der Waals surface area (Å²) in [5, 5.41) is 3.41. The van der Waals surface area contributed by atoms with Crippen LogP contribution in [0.5, 0.6) is 0 Å². The molecule has 0 saturated heterocycles. The summed E-state index contributed by atoms with van der Waals surface area (Å²) in [4.78, 5) is 1.31. The van der Waals surface area contributed by atoms with Crippen LogP contribution in [0, 0.1) is 0 Å². The van der Waals surface area contributed by atoms with Gasteiger partial charge >= 0.3 is 0 Å². The Hall–Kier alpha value is 0.300. The molecule has 0 bridgehead atoms. The monoisotopic (exact) mass is 306 g/mol. The molecule has 0 unspecified atom stereocenters. The van der Waals surface area contributed by atoms with Crippen molar-refractivity contribution in [1.29, 1.82) is 0 Å². The molecule has 0 amide bonds. The number of fused-ring (bicyclic) bond motifs is 1. The summed E-state index contributed by atoms with van der Waals surface area (Å²) < 4.78 is 2.48. The molecule has 74 valence electrons. The maximum atomic E-state index is 5.91. The quantitative estimate of drug-likeness (QED) is 0.548. The first kappa shape index (κ1) is 10.8. The normalized spacial score (nSPS) is 11.1. The zero-order chi connectivity index (χ0) is 10.1. The smallest absolute Gasteiger partial charge is 0.0493 e. The minimum atomic E-state index is 0.570. The van der Waals surface area contributed by atoms with Crippen LogP contribution in [0.1, 0.15) is 5.56 Å². The fourth-order valence-electron chi connectivity index (χ4n) is 1.44. The molecule has 0 saturated carbocycles. The zero-order valence-corrected chi connectivity index (χ0v) is 11.5. The van der Waals surface area contributed by atoms with E-state index in [1.165, 1.54) is 20.5 Å². The molecule has 0 atom stereocenters. The van der Waals surface area contributed by atoms with Crippen LogP contribution in [0.15, 0.2) is 26.9 Å². The van der Waals surface area contributed by atoms with E-state index in [-0.39, 0.29) is 0 Å². The van der Waals surface area contributed by atoms with Gasteiger partial charge in [-0.25, -0.2) is 0 Å². The summed E-state index contributed by atoms with van der Waals surface area (Å²) >= 11 is 13.0. The predicted octanol–water partition coefficient (Wildman–Crippen LogP) is 5.12. The maximum Gasteiger partial charge on any atom is 0.0493 e. The van der Waals surface area contributed by atoms with Crippen LogP contribution in [0.2, 0.25) is 0 Å². The van der Waals surface area contributed by atoms with Gasteiger partial charge in [-0.15, -0.1) is 34.7 Å². The second-order valence-corrected chi connectivity index (χ2v) is 5.70. The van der Waals surface area contributed by atoms with Crippen LogP contribution in [0.4, 0.5) is 0 Å². The minimum Gasteiger partial charge on any atom is -0.143 e. The molecule has 2 rings (SSSR count). The summed E-state index contributed by atoms with van der Waals surface area (Å²) in [5.74, 6) is 0.570. The Kier molecular flexibility index (Phi) is 3.42. The molecule has 4 heteroatoms. The highest BCUT2D eigenvalue weighted by Gasteiger charge is 2.10. The van der Waals surface area contributed by atoms with Crippen LogP contribution in [-0.4, -0.2) is 6.26 Å². The SMILES string of the molecule is CSc1c(Br)cc(CCl)c2ccsc12. The Morgan fingerprint density at radius 2 is 2.36 bits per heavy atom. The molecule has 0 nitrogen and oxygen atoms in total. The van der Waals surface area contributed by atoms with E-state index in [1.54, 1.807) is 23.1 Å². The van der Waals surface area contributed by atoms with Crippen molar-refractivity contribution in [3.05, 3.63) is 27.5 Å². The number of thiophene rings is 1. The molecule has 1 aromatic carbocycles. The molecular formula is C10H8BrClS2. The third kappa shape index (κ3) is 1.71. The van der Waals surface area contributed by atoms with Crippen molar-refractivity contribution in [2.45, 2.75) is 10.8 Å². The van der Waals surface area contributed by atoms with Crippen LogP contribution in [0.25, 0.3) is 10.1 Å². The summed E-state index contributed by atoms with van der Waals surface area (Å²) in [7, 11) is 0. The first-order valence-electron chi connectivity index (χ1n) is 4.06. The van der Waals surface area contributed by atoms with Crippen molar-refractivity contribution in [2.75, 3.05) is 6.26 Å². The second-order valence-electron chi connectivity index (χ2n) is 2.85. The van der Waals surface area contributed by atoms with Gasteiger partial charge in [-0.1, -0.05) is 0 Å². The predicted molar refractivity (Wildman–Crippen MR) is 70.9 cm³/mol. The molecule has 0 fully saturated rings. The Labute approximate surface area is 105 Å². The lowest BCUT2D eigenvalue weighted by molar-refractivity contribution is 1.39. The van der Waals surface area contributed by atoms with Gasteiger partial charge in [-0.05, 0) is 50.6 Å². The van der Waals surface area contributed by atoms with Gasteiger partial charge in [0.25, 0.3) is 0 Å². The molecule has 0 aliphatic carbocycles. The van der Waals surface area contributed by atoms with Crippen LogP contribution in [0.3, 0.4) is 0 Å². The van der Waals surface area contributed by atoms with Gasteiger partial charge in [-0.3, -0.25) is 0 Å². The minimum absolute atomic E-state index is 0.570. The Bertz CT molecular complexity index is 464. The van der Waals surface area contributed by atoms with Gasteiger partial charge in [0.1, 0.15) is 0 Å². The molecule has 2 aromatic rings. The lowest BCUT2D eigenvalue weighted by atomic mass is 10.1. The van der Waals surface area contributed by atoms with Crippen LogP contribution in [-0.2, 0) is 5.88 Å². The highest BCUT2D eigenvalue weighted by molar-refractivity contribution is 9.10. The molecule has 1 heterocycles. The first-order valence-corrected chi connectivity index (χ1v) is 7.49. The Balaban J connectivity index is 2.81. The lowest BCUT2D eigenvalue weighted by Crippen LogP contribution is -1.82. The number of hydrogen-bond acceptors (Lipinski definition) is 2. The molecule has 14 heavy (non-hydrogen) atoms. The number of halogens is 2. The number of alkyl halides is 1. The van der Waals surface area contributed by atoms with Crippen LogP contribution >= 0.6 is 50.6 Å². The van der Waals surface area contributed by atoms with E-state index in [4.69, 9.17) is 11.6 Å². The highest BCUT2D eigenvalue weighted by atomic mass is 79.9. The van der Waals surface area contributed by atoms with E-state index in [0.717, 1.165) is 4.47 Å². The fraction of sp³-hybridized carbons (Fsp3) is 0.200. The lowest BCUT2D eigenvalue weighted by Gasteiger charge is -2.06. The molecule has 1 aromatic heterocycles. The molecule has 0 N–H and O–H groups in total. The van der Waals surface area contributed by atoms with Crippen molar-refractivity contribution < 1.29 is 0 Å². The van der Waals surface area contributed by atoms with E-state index < -0.39 is 0 Å². The van der Waals surface area contributed by atoms with Crippen molar-refractivity contribution >= 4 is 60.7 Å². The van der Waals surface area contributed by atoms with Crippen LogP contribution < -0.4 is 0 Å².